The molecule has 2 rings (SSSR count). The number of hydrogen-bond acceptors (Lipinski definition) is 4. The molecule has 0 aliphatic rings. The first-order chi connectivity index (χ1) is 8.93. The van der Waals surface area contributed by atoms with Gasteiger partial charge in [0.2, 0.25) is 0 Å². The number of rotatable bonds is 3. The van der Waals surface area contributed by atoms with Crippen LogP contribution >= 0.6 is 0 Å². The van der Waals surface area contributed by atoms with Gasteiger partial charge in [0.05, 0.1) is 11.1 Å². The molecule has 0 aliphatic carbocycles. The van der Waals surface area contributed by atoms with E-state index in [1.807, 2.05) is 0 Å². The summed E-state index contributed by atoms with van der Waals surface area (Å²) in [6.45, 7) is 1.54. The van der Waals surface area contributed by atoms with Crippen molar-refractivity contribution in [2.45, 2.75) is 11.8 Å². The molecular weight excluding hydrogens is 269 g/mol. The first kappa shape index (κ1) is 13.4. The molecule has 0 unspecified atom stereocenters. The molecule has 7 heteroatoms. The van der Waals surface area contributed by atoms with Gasteiger partial charge in [-0.05, 0) is 30.7 Å². The smallest absolute Gasteiger partial charge is 0.259 e. The first-order valence-corrected chi connectivity index (χ1v) is 6.88. The molecule has 0 amide bonds. The van der Waals surface area contributed by atoms with E-state index in [-0.39, 0.29) is 10.7 Å². The lowest BCUT2D eigenvalue weighted by molar-refractivity contribution is 0.591. The number of benzene rings is 1. The van der Waals surface area contributed by atoms with Gasteiger partial charge < -0.3 is 0 Å². The van der Waals surface area contributed by atoms with E-state index in [4.69, 9.17) is 0 Å². The highest BCUT2D eigenvalue weighted by Gasteiger charge is 2.24. The summed E-state index contributed by atoms with van der Waals surface area (Å²) in [6, 6.07) is 3.54. The van der Waals surface area contributed by atoms with Gasteiger partial charge in [0.1, 0.15) is 5.82 Å². The molecule has 0 spiro atoms. The van der Waals surface area contributed by atoms with Gasteiger partial charge in [0.15, 0.2) is 5.82 Å². The van der Waals surface area contributed by atoms with Crippen LogP contribution in [-0.2, 0) is 10.0 Å². The first-order valence-electron chi connectivity index (χ1n) is 5.44. The third kappa shape index (κ3) is 2.55. The lowest BCUT2D eigenvalue weighted by Gasteiger charge is -2.19. The normalized spacial score (nSPS) is 11.3. The number of hydrogen-bond donors (Lipinski definition) is 0. The number of aryl methyl sites for hydroxylation is 1. The summed E-state index contributed by atoms with van der Waals surface area (Å²) in [7, 11) is -2.40. The molecule has 0 N–H and O–H groups in total. The largest absolute Gasteiger partial charge is 0.265 e. The Hall–Kier alpha value is -2.02. The summed E-state index contributed by atoms with van der Waals surface area (Å²) in [4.78, 5) is 7.79. The zero-order valence-corrected chi connectivity index (χ0v) is 11.2. The minimum atomic E-state index is -3.78. The fraction of sp³-hybridized carbons (Fsp3) is 0.167. The Morgan fingerprint density at radius 1 is 1.26 bits per heavy atom. The standard InChI is InChI=1S/C12H12FN3O2S/c1-9-7-10(13)3-4-11(9)19(17,18)16(2)12-8-14-5-6-15-12/h3-8H,1-2H3. The van der Waals surface area contributed by atoms with Gasteiger partial charge in [-0.25, -0.2) is 17.8 Å². The Labute approximate surface area is 110 Å². The molecule has 0 saturated heterocycles. The second-order valence-electron chi connectivity index (χ2n) is 3.95. The van der Waals surface area contributed by atoms with Crippen LogP contribution in [0.5, 0.6) is 0 Å². The molecule has 1 heterocycles. The molecule has 0 atom stereocenters. The highest BCUT2D eigenvalue weighted by molar-refractivity contribution is 7.92. The number of anilines is 1. The van der Waals surface area contributed by atoms with Crippen molar-refractivity contribution in [1.82, 2.24) is 9.97 Å². The average molecular weight is 281 g/mol. The highest BCUT2D eigenvalue weighted by Crippen LogP contribution is 2.22. The summed E-state index contributed by atoms with van der Waals surface area (Å²) in [5.74, 6) is -0.273. The van der Waals surface area contributed by atoms with Gasteiger partial charge in [-0.15, -0.1) is 0 Å². The number of sulfonamides is 1. The van der Waals surface area contributed by atoms with Crippen molar-refractivity contribution in [3.05, 3.63) is 48.2 Å². The molecule has 0 aliphatic heterocycles. The molecule has 19 heavy (non-hydrogen) atoms. The van der Waals surface area contributed by atoms with Crippen LogP contribution in [0.3, 0.4) is 0 Å². The fourth-order valence-corrected chi connectivity index (χ4v) is 2.97. The van der Waals surface area contributed by atoms with Gasteiger partial charge in [0.25, 0.3) is 10.0 Å². The minimum absolute atomic E-state index is 0.0436. The molecular formula is C12H12FN3O2S. The maximum absolute atomic E-state index is 13.0. The second kappa shape index (κ2) is 4.93. The van der Waals surface area contributed by atoms with Crippen LogP contribution in [0, 0.1) is 12.7 Å². The fourth-order valence-electron chi connectivity index (χ4n) is 1.63. The van der Waals surface area contributed by atoms with E-state index < -0.39 is 15.8 Å². The molecule has 1 aromatic carbocycles. The summed E-state index contributed by atoms with van der Waals surface area (Å²) < 4.78 is 38.8. The summed E-state index contributed by atoms with van der Waals surface area (Å²) in [5.41, 5.74) is 0.343. The molecule has 100 valence electrons. The quantitative estimate of drug-likeness (QED) is 0.860. The van der Waals surface area contributed by atoms with Crippen molar-refractivity contribution in [3.63, 3.8) is 0 Å². The summed E-state index contributed by atoms with van der Waals surface area (Å²) in [6.07, 6.45) is 4.20. The molecule has 0 saturated carbocycles. The number of nitrogens with zero attached hydrogens (tertiary/aromatic N) is 3. The number of halogens is 1. The highest BCUT2D eigenvalue weighted by atomic mass is 32.2. The van der Waals surface area contributed by atoms with Crippen LogP contribution in [0.1, 0.15) is 5.56 Å². The van der Waals surface area contributed by atoms with Crippen LogP contribution in [-0.4, -0.2) is 25.4 Å². The monoisotopic (exact) mass is 281 g/mol. The van der Waals surface area contributed by atoms with Crippen molar-refractivity contribution < 1.29 is 12.8 Å². The third-order valence-corrected chi connectivity index (χ3v) is 4.57. The minimum Gasteiger partial charge on any atom is -0.259 e. The Morgan fingerprint density at radius 2 is 2.00 bits per heavy atom. The van der Waals surface area contributed by atoms with E-state index >= 15 is 0 Å². The Balaban J connectivity index is 2.48. The van der Waals surface area contributed by atoms with E-state index in [1.54, 1.807) is 6.92 Å². The molecule has 1 aromatic heterocycles. The van der Waals surface area contributed by atoms with Crippen molar-refractivity contribution in [2.75, 3.05) is 11.4 Å². The van der Waals surface area contributed by atoms with Gasteiger partial charge >= 0.3 is 0 Å². The van der Waals surface area contributed by atoms with Crippen LogP contribution in [0.4, 0.5) is 10.2 Å². The van der Waals surface area contributed by atoms with E-state index in [0.29, 0.717) is 5.56 Å². The van der Waals surface area contributed by atoms with Crippen molar-refractivity contribution in [1.29, 1.82) is 0 Å². The SMILES string of the molecule is Cc1cc(F)ccc1S(=O)(=O)N(C)c1cnccn1. The molecule has 0 radical (unpaired) electrons. The predicted molar refractivity (Wildman–Crippen MR) is 68.8 cm³/mol. The van der Waals surface area contributed by atoms with Gasteiger partial charge in [0, 0.05) is 19.4 Å². The van der Waals surface area contributed by atoms with Gasteiger partial charge in [-0.3, -0.25) is 9.29 Å². The maximum Gasteiger partial charge on any atom is 0.265 e. The van der Waals surface area contributed by atoms with E-state index in [0.717, 1.165) is 10.4 Å². The molecule has 0 bridgehead atoms. The Morgan fingerprint density at radius 3 is 2.58 bits per heavy atom. The van der Waals surface area contributed by atoms with E-state index in [1.165, 1.54) is 37.8 Å². The lowest BCUT2D eigenvalue weighted by atomic mass is 10.2. The van der Waals surface area contributed by atoms with Crippen LogP contribution in [0.25, 0.3) is 0 Å². The number of aromatic nitrogens is 2. The zero-order chi connectivity index (χ0) is 14.0. The summed E-state index contributed by atoms with van der Waals surface area (Å²) >= 11 is 0. The topological polar surface area (TPSA) is 63.2 Å². The Bertz CT molecular complexity index is 689. The molecule has 2 aromatic rings. The second-order valence-corrected chi connectivity index (χ2v) is 5.88. The van der Waals surface area contributed by atoms with E-state index in [9.17, 15) is 12.8 Å². The van der Waals surface area contributed by atoms with Crippen molar-refractivity contribution in [3.8, 4) is 0 Å². The maximum atomic E-state index is 13.0. The van der Waals surface area contributed by atoms with Gasteiger partial charge in [-0.1, -0.05) is 0 Å². The van der Waals surface area contributed by atoms with Crippen molar-refractivity contribution >= 4 is 15.8 Å². The van der Waals surface area contributed by atoms with Crippen molar-refractivity contribution in [2.24, 2.45) is 0 Å². The predicted octanol–water partition coefficient (Wildman–Crippen LogP) is 1.75. The molecule has 0 fully saturated rings. The van der Waals surface area contributed by atoms with Crippen LogP contribution < -0.4 is 4.31 Å². The summed E-state index contributed by atoms with van der Waals surface area (Å²) in [5, 5.41) is 0. The average Bonchev–Trinajstić information content (AvgIpc) is 2.38. The zero-order valence-electron chi connectivity index (χ0n) is 10.4. The third-order valence-electron chi connectivity index (χ3n) is 2.65. The lowest BCUT2D eigenvalue weighted by Crippen LogP contribution is -2.28. The molecule has 5 nitrogen and oxygen atoms in total. The van der Waals surface area contributed by atoms with Crippen LogP contribution in [0.15, 0.2) is 41.7 Å². The van der Waals surface area contributed by atoms with Crippen LogP contribution in [0.2, 0.25) is 0 Å². The van der Waals surface area contributed by atoms with E-state index in [2.05, 4.69) is 9.97 Å². The Kier molecular flexibility index (Phi) is 3.48. The van der Waals surface area contributed by atoms with Gasteiger partial charge in [-0.2, -0.15) is 0 Å².